The van der Waals surface area contributed by atoms with E-state index >= 15 is 0 Å². The molecule has 1 fully saturated rings. The van der Waals surface area contributed by atoms with Gasteiger partial charge in [0, 0.05) is 25.9 Å². The molecule has 1 aromatic carbocycles. The van der Waals surface area contributed by atoms with E-state index in [-0.39, 0.29) is 36.6 Å². The minimum Gasteiger partial charge on any atom is -0.353 e. The van der Waals surface area contributed by atoms with Gasteiger partial charge in [0.25, 0.3) is 0 Å². The molecule has 2 heterocycles. The van der Waals surface area contributed by atoms with Crippen LogP contribution in [0.1, 0.15) is 79.9 Å². The highest BCUT2D eigenvalue weighted by atomic mass is 19.4. The summed E-state index contributed by atoms with van der Waals surface area (Å²) in [6.07, 6.45) is 2.16. The summed E-state index contributed by atoms with van der Waals surface area (Å²) in [6, 6.07) is 5.15. The van der Waals surface area contributed by atoms with Crippen molar-refractivity contribution in [2.24, 2.45) is 5.92 Å². The van der Waals surface area contributed by atoms with Gasteiger partial charge < -0.3 is 9.88 Å². The predicted molar refractivity (Wildman–Crippen MR) is 124 cm³/mol. The molecule has 1 aliphatic heterocycles. The number of fused-ring (bicyclic) bond motifs is 1. The number of anilines is 2. The Balaban J connectivity index is 1.75. The Hall–Kier alpha value is -2.84. The molecule has 1 amide bonds. The highest BCUT2D eigenvalue weighted by molar-refractivity contribution is 6.04. The number of nitrogens with one attached hydrogen (secondary N) is 1. The van der Waals surface area contributed by atoms with Gasteiger partial charge in [0.2, 0.25) is 11.9 Å². The number of Topliss-reactive ketones (excluding diaryl/α,β-unsaturated/α-hetero) is 1. The van der Waals surface area contributed by atoms with Crippen LogP contribution in [0.3, 0.4) is 0 Å². The Bertz CT molecular complexity index is 1040. The molecule has 1 atom stereocenters. The van der Waals surface area contributed by atoms with Crippen molar-refractivity contribution in [3.63, 3.8) is 0 Å². The van der Waals surface area contributed by atoms with Crippen molar-refractivity contribution in [3.8, 4) is 0 Å². The SMILES string of the molecule is CC1CCC(=O)c2c(nc(NC3CCCCC3)n2Cc2ccc(C(F)(F)F)cc2)N(C)C(=O)C1. The minimum atomic E-state index is -4.41. The lowest BCUT2D eigenvalue weighted by Crippen LogP contribution is -2.28. The van der Waals surface area contributed by atoms with E-state index in [1.54, 1.807) is 11.6 Å². The topological polar surface area (TPSA) is 67.2 Å². The highest BCUT2D eigenvalue weighted by Gasteiger charge is 2.32. The van der Waals surface area contributed by atoms with Crippen LogP contribution in [0.4, 0.5) is 24.9 Å². The first-order chi connectivity index (χ1) is 16.1. The van der Waals surface area contributed by atoms with Gasteiger partial charge in [-0.2, -0.15) is 18.2 Å². The van der Waals surface area contributed by atoms with Crippen LogP contribution in [0.15, 0.2) is 24.3 Å². The normalized spacial score (nSPS) is 20.5. The quantitative estimate of drug-likeness (QED) is 0.618. The molecule has 1 aliphatic carbocycles. The monoisotopic (exact) mass is 476 g/mol. The zero-order valence-electron chi connectivity index (χ0n) is 19.6. The molecular formula is C25H31F3N4O2. The number of imidazole rings is 1. The van der Waals surface area contributed by atoms with Crippen molar-refractivity contribution in [1.82, 2.24) is 9.55 Å². The number of benzene rings is 1. The van der Waals surface area contributed by atoms with E-state index in [1.807, 2.05) is 6.92 Å². The van der Waals surface area contributed by atoms with Crippen molar-refractivity contribution in [2.75, 3.05) is 17.3 Å². The lowest BCUT2D eigenvalue weighted by Gasteiger charge is -2.24. The van der Waals surface area contributed by atoms with Gasteiger partial charge in [-0.25, -0.2) is 0 Å². The van der Waals surface area contributed by atoms with Gasteiger partial charge in [-0.3, -0.25) is 14.5 Å². The van der Waals surface area contributed by atoms with Gasteiger partial charge in [-0.05, 0) is 42.9 Å². The molecule has 0 radical (unpaired) electrons. The van der Waals surface area contributed by atoms with Crippen LogP contribution in [-0.2, 0) is 17.5 Å². The molecule has 1 N–H and O–H groups in total. The van der Waals surface area contributed by atoms with Crippen LogP contribution in [0, 0.1) is 5.92 Å². The van der Waals surface area contributed by atoms with Gasteiger partial charge in [-0.15, -0.1) is 0 Å². The molecule has 0 spiro atoms. The number of nitrogens with zero attached hydrogens (tertiary/aromatic N) is 3. The van der Waals surface area contributed by atoms with Gasteiger partial charge in [0.1, 0.15) is 5.69 Å². The van der Waals surface area contributed by atoms with E-state index in [1.165, 1.54) is 23.5 Å². The zero-order valence-corrected chi connectivity index (χ0v) is 19.6. The molecule has 0 saturated heterocycles. The van der Waals surface area contributed by atoms with Crippen molar-refractivity contribution in [1.29, 1.82) is 0 Å². The summed E-state index contributed by atoms with van der Waals surface area (Å²) in [5.41, 5.74) is 0.239. The Morgan fingerprint density at radius 2 is 1.74 bits per heavy atom. The molecule has 1 saturated carbocycles. The van der Waals surface area contributed by atoms with E-state index in [0.717, 1.165) is 37.8 Å². The smallest absolute Gasteiger partial charge is 0.353 e. The summed E-state index contributed by atoms with van der Waals surface area (Å²) < 4.78 is 40.8. The highest BCUT2D eigenvalue weighted by Crippen LogP contribution is 2.33. The van der Waals surface area contributed by atoms with E-state index in [0.29, 0.717) is 35.9 Å². The van der Waals surface area contributed by atoms with Crippen LogP contribution in [-0.4, -0.2) is 34.3 Å². The fourth-order valence-corrected chi connectivity index (χ4v) is 4.78. The summed E-state index contributed by atoms with van der Waals surface area (Å²) in [5.74, 6) is 0.658. The Morgan fingerprint density at radius 3 is 2.38 bits per heavy atom. The average Bonchev–Trinajstić information content (AvgIpc) is 3.15. The second-order valence-electron chi connectivity index (χ2n) is 9.59. The molecule has 34 heavy (non-hydrogen) atoms. The number of carbonyl (C=O) groups excluding carboxylic acids is 2. The second-order valence-corrected chi connectivity index (χ2v) is 9.59. The lowest BCUT2D eigenvalue weighted by molar-refractivity contribution is -0.137. The molecule has 0 bridgehead atoms. The number of aromatic nitrogens is 2. The third-order valence-corrected chi connectivity index (χ3v) is 6.85. The maximum Gasteiger partial charge on any atom is 0.416 e. The summed E-state index contributed by atoms with van der Waals surface area (Å²) in [5, 5.41) is 3.47. The molecule has 184 valence electrons. The molecule has 9 heteroatoms. The molecule has 1 unspecified atom stereocenters. The summed E-state index contributed by atoms with van der Waals surface area (Å²) in [6.45, 7) is 2.13. The fourth-order valence-electron chi connectivity index (χ4n) is 4.78. The first-order valence-electron chi connectivity index (χ1n) is 12.0. The van der Waals surface area contributed by atoms with Crippen LogP contribution >= 0.6 is 0 Å². The van der Waals surface area contributed by atoms with Crippen LogP contribution in [0.2, 0.25) is 0 Å². The largest absolute Gasteiger partial charge is 0.416 e. The number of alkyl halides is 3. The standard InChI is InChI=1S/C25H31F3N4O2/c1-16-8-13-20(33)22-23(31(2)21(34)14-16)30-24(29-19-6-4-3-5-7-19)32(22)15-17-9-11-18(12-10-17)25(26,27)28/h9-12,16,19H,3-8,13-15H2,1-2H3,(H,29,30). The first kappa shape index (κ1) is 24.3. The zero-order chi connectivity index (χ0) is 24.5. The van der Waals surface area contributed by atoms with Crippen molar-refractivity contribution < 1.29 is 22.8 Å². The summed E-state index contributed by atoms with van der Waals surface area (Å²) >= 11 is 0. The van der Waals surface area contributed by atoms with E-state index in [9.17, 15) is 22.8 Å². The fraction of sp³-hybridized carbons (Fsp3) is 0.560. The van der Waals surface area contributed by atoms with Gasteiger partial charge in [0.15, 0.2) is 11.6 Å². The van der Waals surface area contributed by atoms with E-state index in [4.69, 9.17) is 4.98 Å². The Morgan fingerprint density at radius 1 is 1.06 bits per heavy atom. The van der Waals surface area contributed by atoms with Gasteiger partial charge >= 0.3 is 6.18 Å². The number of amides is 1. The van der Waals surface area contributed by atoms with Gasteiger partial charge in [0.05, 0.1) is 12.1 Å². The first-order valence-corrected chi connectivity index (χ1v) is 12.0. The molecule has 1 aromatic heterocycles. The summed E-state index contributed by atoms with van der Waals surface area (Å²) in [7, 11) is 1.63. The molecule has 6 nitrogen and oxygen atoms in total. The maximum absolute atomic E-state index is 13.3. The predicted octanol–water partition coefficient (Wildman–Crippen LogP) is 5.66. The molecule has 4 rings (SSSR count). The Kier molecular flexibility index (Phi) is 7.00. The van der Waals surface area contributed by atoms with Crippen molar-refractivity contribution >= 4 is 23.5 Å². The van der Waals surface area contributed by atoms with Crippen LogP contribution < -0.4 is 10.2 Å². The van der Waals surface area contributed by atoms with Crippen molar-refractivity contribution in [3.05, 3.63) is 41.1 Å². The van der Waals surface area contributed by atoms with E-state index < -0.39 is 11.7 Å². The van der Waals surface area contributed by atoms with Crippen LogP contribution in [0.5, 0.6) is 0 Å². The second kappa shape index (κ2) is 9.80. The molecule has 2 aromatic rings. The molecular weight excluding hydrogens is 445 g/mol. The summed E-state index contributed by atoms with van der Waals surface area (Å²) in [4.78, 5) is 32.3. The van der Waals surface area contributed by atoms with Gasteiger partial charge in [-0.1, -0.05) is 38.3 Å². The average molecular weight is 477 g/mol. The lowest BCUT2D eigenvalue weighted by atomic mass is 9.96. The number of halogens is 3. The molecule has 2 aliphatic rings. The van der Waals surface area contributed by atoms with Crippen LogP contribution in [0.25, 0.3) is 0 Å². The third kappa shape index (κ3) is 5.28. The third-order valence-electron chi connectivity index (χ3n) is 6.85. The number of rotatable bonds is 4. The Labute approximate surface area is 197 Å². The number of carbonyl (C=O) groups is 2. The minimum absolute atomic E-state index is 0.0751. The maximum atomic E-state index is 13.3. The number of hydrogen-bond donors (Lipinski definition) is 1. The van der Waals surface area contributed by atoms with E-state index in [2.05, 4.69) is 5.32 Å². The van der Waals surface area contributed by atoms with Crippen molar-refractivity contribution in [2.45, 2.75) is 77.1 Å². The number of hydrogen-bond acceptors (Lipinski definition) is 4. The number of ketones is 1.